The van der Waals surface area contributed by atoms with Gasteiger partial charge in [0.2, 0.25) is 18.0 Å². The first-order valence-corrected chi connectivity index (χ1v) is 13.7. The van der Waals surface area contributed by atoms with Gasteiger partial charge in [0.05, 0.1) is 42.4 Å². The molecule has 214 valence electrons. The average Bonchev–Trinajstić information content (AvgIpc) is 3.31. The smallest absolute Gasteiger partial charge is 0.239 e. The lowest BCUT2D eigenvalue weighted by molar-refractivity contribution is -0.449. The number of nitrogens with zero attached hydrogens (tertiary/aromatic N) is 1. The zero-order valence-electron chi connectivity index (χ0n) is 21.7. The molecule has 2 aromatic rings. The molecule has 1 aromatic carbocycles. The highest BCUT2D eigenvalue weighted by molar-refractivity contribution is 7.13. The molecule has 3 aliphatic rings. The highest BCUT2D eigenvalue weighted by atomic mass is 32.1. The summed E-state index contributed by atoms with van der Waals surface area (Å²) in [6.45, 7) is 1.78. The number of amides is 1. The van der Waals surface area contributed by atoms with Crippen LogP contribution in [0.4, 0.5) is 15.2 Å². The van der Waals surface area contributed by atoms with Gasteiger partial charge in [0, 0.05) is 11.1 Å². The van der Waals surface area contributed by atoms with Crippen LogP contribution in [0, 0.1) is 5.82 Å². The van der Waals surface area contributed by atoms with Crippen LogP contribution in [0.5, 0.6) is 0 Å². The van der Waals surface area contributed by atoms with Crippen molar-refractivity contribution in [2.45, 2.75) is 80.5 Å². The van der Waals surface area contributed by atoms with Crippen molar-refractivity contribution in [1.82, 2.24) is 20.9 Å². The fraction of sp³-hybridized carbons (Fsp3) is 0.600. The Balaban J connectivity index is 1.28. The van der Waals surface area contributed by atoms with E-state index in [9.17, 15) is 24.5 Å². The van der Waals surface area contributed by atoms with Gasteiger partial charge in [0.1, 0.15) is 24.1 Å². The molecule has 1 aliphatic carbocycles. The van der Waals surface area contributed by atoms with Crippen LogP contribution in [0.3, 0.4) is 0 Å². The van der Waals surface area contributed by atoms with Crippen molar-refractivity contribution in [3.05, 3.63) is 41.2 Å². The molecule has 10 atom stereocenters. The van der Waals surface area contributed by atoms with Gasteiger partial charge in [-0.3, -0.25) is 4.79 Å². The first kappa shape index (κ1) is 28.3. The second-order valence-electron chi connectivity index (χ2n) is 10.1. The molecule has 39 heavy (non-hydrogen) atoms. The fourth-order valence-corrected chi connectivity index (χ4v) is 6.29. The predicted molar refractivity (Wildman–Crippen MR) is 139 cm³/mol. The topological polar surface area (TPSA) is 166 Å². The molecule has 0 spiro atoms. The molecular formula is C25H34FN5O7S. The molecule has 0 radical (unpaired) electrons. The Labute approximate surface area is 228 Å². The number of thiazole rings is 1. The number of anilines is 2. The van der Waals surface area contributed by atoms with Gasteiger partial charge in [-0.1, -0.05) is 6.07 Å². The van der Waals surface area contributed by atoms with Crippen molar-refractivity contribution >= 4 is 28.1 Å². The van der Waals surface area contributed by atoms with E-state index in [4.69, 9.17) is 14.2 Å². The van der Waals surface area contributed by atoms with Gasteiger partial charge >= 0.3 is 0 Å². The fourth-order valence-electron chi connectivity index (χ4n) is 5.56. The molecule has 7 N–H and O–H groups in total. The van der Waals surface area contributed by atoms with Crippen molar-refractivity contribution in [1.29, 1.82) is 0 Å². The van der Waals surface area contributed by atoms with Crippen LogP contribution in [0.2, 0.25) is 0 Å². The number of rotatable bonds is 7. The first-order valence-electron chi connectivity index (χ1n) is 12.8. The molecule has 12 nitrogen and oxygen atoms in total. The summed E-state index contributed by atoms with van der Waals surface area (Å²) in [6, 6.07) is 3.68. The Bertz CT molecular complexity index is 1180. The Morgan fingerprint density at radius 3 is 2.67 bits per heavy atom. The zero-order valence-corrected chi connectivity index (χ0v) is 22.5. The van der Waals surface area contributed by atoms with E-state index in [-0.39, 0.29) is 18.7 Å². The predicted octanol–water partition coefficient (Wildman–Crippen LogP) is -0.428. The van der Waals surface area contributed by atoms with Crippen molar-refractivity contribution in [3.8, 4) is 0 Å². The van der Waals surface area contributed by atoms with E-state index < -0.39 is 66.6 Å². The molecule has 3 heterocycles. The number of hydrogen-bond donors (Lipinski definition) is 7. The van der Waals surface area contributed by atoms with Crippen molar-refractivity contribution in [3.63, 3.8) is 0 Å². The highest BCUT2D eigenvalue weighted by Gasteiger charge is 2.63. The summed E-state index contributed by atoms with van der Waals surface area (Å²) in [5, 5.41) is 47.3. The maximum absolute atomic E-state index is 13.5. The number of carbonyl (C=O) groups excluding carboxylic acids is 1. The summed E-state index contributed by atoms with van der Waals surface area (Å²) < 4.78 is 31.5. The molecule has 3 fully saturated rings. The van der Waals surface area contributed by atoms with E-state index in [0.717, 1.165) is 0 Å². The number of aliphatic hydroxyl groups is 3. The minimum absolute atomic E-state index is 0.0683. The van der Waals surface area contributed by atoms with E-state index in [1.807, 2.05) is 0 Å². The number of aliphatic hydroxyl groups excluding tert-OH is 2. The summed E-state index contributed by atoms with van der Waals surface area (Å²) in [5.74, 6) is -2.85. The number of benzene rings is 1. The lowest BCUT2D eigenvalue weighted by Crippen LogP contribution is -2.79. The third-order valence-corrected chi connectivity index (χ3v) is 8.26. The largest absolute Gasteiger partial charge is 0.390 e. The number of ether oxygens (including phenoxy) is 3. The van der Waals surface area contributed by atoms with Gasteiger partial charge in [-0.2, -0.15) is 0 Å². The molecule has 2 saturated heterocycles. The second-order valence-corrected chi connectivity index (χ2v) is 11.0. The van der Waals surface area contributed by atoms with Gasteiger partial charge < -0.3 is 50.8 Å². The van der Waals surface area contributed by atoms with Crippen LogP contribution in [0.15, 0.2) is 29.6 Å². The van der Waals surface area contributed by atoms with Crippen LogP contribution in [-0.2, 0) is 25.4 Å². The summed E-state index contributed by atoms with van der Waals surface area (Å²) in [7, 11) is 3.26. The molecule has 3 unspecified atom stereocenters. The number of halogens is 1. The monoisotopic (exact) mass is 567 g/mol. The number of aromatic nitrogens is 1. The molecule has 1 amide bonds. The highest BCUT2D eigenvalue weighted by Crippen LogP contribution is 2.42. The van der Waals surface area contributed by atoms with Crippen LogP contribution in [0.25, 0.3) is 0 Å². The number of carbonyl (C=O) groups is 1. The van der Waals surface area contributed by atoms with Crippen molar-refractivity contribution < 1.29 is 38.7 Å². The van der Waals surface area contributed by atoms with Crippen LogP contribution >= 0.6 is 11.3 Å². The van der Waals surface area contributed by atoms with Crippen molar-refractivity contribution in [2.75, 3.05) is 19.4 Å². The third kappa shape index (κ3) is 5.53. The maximum Gasteiger partial charge on any atom is 0.239 e. The number of nitrogens with one attached hydrogen (secondary N) is 4. The summed E-state index contributed by atoms with van der Waals surface area (Å²) in [6.07, 6.45) is -5.54. The Morgan fingerprint density at radius 1 is 1.18 bits per heavy atom. The molecule has 0 bridgehead atoms. The normalized spacial score (nSPS) is 38.0. The molecular weight excluding hydrogens is 533 g/mol. The number of hydrogen-bond acceptors (Lipinski definition) is 12. The minimum atomic E-state index is -2.07. The van der Waals surface area contributed by atoms with E-state index >= 15 is 0 Å². The molecule has 14 heteroatoms. The van der Waals surface area contributed by atoms with E-state index in [2.05, 4.69) is 26.3 Å². The second kappa shape index (κ2) is 11.3. The molecule has 1 saturated carbocycles. The zero-order chi connectivity index (χ0) is 27.9. The average molecular weight is 568 g/mol. The molecule has 5 rings (SSSR count). The van der Waals surface area contributed by atoms with Crippen LogP contribution < -0.4 is 21.3 Å². The third-order valence-electron chi connectivity index (χ3n) is 7.46. The number of likely N-dealkylation sites (N-methyl/N-ethyl adjacent to an activating group) is 2. The lowest BCUT2D eigenvalue weighted by Gasteiger charge is -2.58. The SMILES string of the molecule is CN[C@@H]1[C@H](O)[C@H](NC)C2O[C@]3(O)C(OC2[C@H]1O)O[C@H](C)C[C@H]3NC(=O)Cc1csc(Nc2cccc(F)c2)n1. The quantitative estimate of drug-likeness (QED) is 0.232. The van der Waals surface area contributed by atoms with Crippen LogP contribution in [-0.4, -0.2) is 101 Å². The Kier molecular flexibility index (Phi) is 8.20. The maximum atomic E-state index is 13.5. The van der Waals surface area contributed by atoms with Gasteiger partial charge in [-0.25, -0.2) is 9.37 Å². The standard InChI is InChI=1S/C25H34FN5O7S/c1-11-7-15(31-16(32)9-14-10-39-24(30-14)29-13-6-4-5-12(26)8-13)25(35)23(36-11)37-22-20(34)17(27-2)19(33)18(28-3)21(22)38-25/h4-6,8,10-11,15,17-23,27-28,33-35H,7,9H2,1-3H3,(H,29,30)(H,31,32)/t11-,15-,17-,18+,19+,20+,21?,22?,23?,25+/m1/s1. The van der Waals surface area contributed by atoms with Crippen LogP contribution in [0.1, 0.15) is 19.0 Å². The lowest BCUT2D eigenvalue weighted by atomic mass is 9.79. The van der Waals surface area contributed by atoms with Gasteiger partial charge in [-0.15, -0.1) is 11.3 Å². The summed E-state index contributed by atoms with van der Waals surface area (Å²) in [5.41, 5.74) is 1.03. The minimum Gasteiger partial charge on any atom is -0.390 e. The molecule has 1 aromatic heterocycles. The van der Waals surface area contributed by atoms with Gasteiger partial charge in [-0.05, 0) is 45.6 Å². The van der Waals surface area contributed by atoms with Gasteiger partial charge in [0.15, 0.2) is 5.13 Å². The summed E-state index contributed by atoms with van der Waals surface area (Å²) in [4.78, 5) is 17.4. The number of fused-ring (bicyclic) bond motifs is 2. The van der Waals surface area contributed by atoms with E-state index in [1.54, 1.807) is 38.5 Å². The van der Waals surface area contributed by atoms with E-state index in [0.29, 0.717) is 16.5 Å². The van der Waals surface area contributed by atoms with Gasteiger partial charge in [0.25, 0.3) is 0 Å². The Morgan fingerprint density at radius 2 is 1.95 bits per heavy atom. The van der Waals surface area contributed by atoms with E-state index in [1.165, 1.54) is 23.5 Å². The Hall–Kier alpha value is -2.27. The molecule has 2 aliphatic heterocycles. The first-order chi connectivity index (χ1) is 18.6. The van der Waals surface area contributed by atoms with Crippen molar-refractivity contribution in [2.24, 2.45) is 0 Å². The summed E-state index contributed by atoms with van der Waals surface area (Å²) >= 11 is 1.28.